The van der Waals surface area contributed by atoms with Crippen molar-refractivity contribution in [2.45, 2.75) is 62.1 Å². The van der Waals surface area contributed by atoms with E-state index in [0.717, 1.165) is 29.2 Å². The van der Waals surface area contributed by atoms with Crippen molar-refractivity contribution in [3.8, 4) is 0 Å². The van der Waals surface area contributed by atoms with Gasteiger partial charge in [-0.15, -0.1) is 11.8 Å². The van der Waals surface area contributed by atoms with E-state index in [-0.39, 0.29) is 10.6 Å². The Kier molecular flexibility index (Phi) is 6.06. The van der Waals surface area contributed by atoms with Crippen LogP contribution in [0.3, 0.4) is 0 Å². The SMILES string of the molecule is Cc1cc(SC2CC3(CCN(C)CC3)C2)ccc1Nc1ncc2cc(Cl)c(=O)n(CC3CC3)c2n1. The number of piperidine rings is 1. The number of benzene rings is 1. The minimum Gasteiger partial charge on any atom is -0.324 e. The third kappa shape index (κ3) is 4.83. The highest BCUT2D eigenvalue weighted by atomic mass is 35.5. The third-order valence-corrected chi connectivity index (χ3v) is 9.50. The highest BCUT2D eigenvalue weighted by Crippen LogP contribution is 2.54. The average Bonchev–Trinajstić information content (AvgIpc) is 3.64. The maximum atomic E-state index is 12.7. The summed E-state index contributed by atoms with van der Waals surface area (Å²) in [6.45, 7) is 5.28. The lowest BCUT2D eigenvalue weighted by Gasteiger charge is -2.51. The first kappa shape index (κ1) is 23.3. The van der Waals surface area contributed by atoms with Crippen molar-refractivity contribution < 1.29 is 0 Å². The van der Waals surface area contributed by atoms with Gasteiger partial charge in [0.25, 0.3) is 5.56 Å². The van der Waals surface area contributed by atoms with E-state index in [1.807, 2.05) is 11.8 Å². The highest BCUT2D eigenvalue weighted by molar-refractivity contribution is 8.00. The molecule has 3 aliphatic rings. The number of hydrogen-bond acceptors (Lipinski definition) is 6. The van der Waals surface area contributed by atoms with E-state index in [0.29, 0.717) is 29.5 Å². The standard InChI is InChI=1S/C27H32ClN5OS/c1-17-11-20(35-21-13-27(14-21)7-9-32(2)10-8-27)5-6-23(17)30-26-29-15-19-12-22(28)25(34)33(24(19)31-26)16-18-3-4-18/h5-6,11-12,15,18,21H,3-4,7-10,13-14,16H2,1-2H3,(H,29,30,31). The predicted molar refractivity (Wildman–Crippen MR) is 144 cm³/mol. The molecule has 2 aliphatic carbocycles. The molecule has 8 heteroatoms. The van der Waals surface area contributed by atoms with Crippen molar-refractivity contribution in [2.75, 3.05) is 25.5 Å². The van der Waals surface area contributed by atoms with E-state index >= 15 is 0 Å². The average molecular weight is 510 g/mol. The van der Waals surface area contributed by atoms with Crippen LogP contribution in [0.4, 0.5) is 11.6 Å². The van der Waals surface area contributed by atoms with Crippen LogP contribution < -0.4 is 10.9 Å². The van der Waals surface area contributed by atoms with Gasteiger partial charge in [0.2, 0.25) is 5.95 Å². The van der Waals surface area contributed by atoms with Crippen molar-refractivity contribution in [3.05, 3.63) is 51.4 Å². The summed E-state index contributed by atoms with van der Waals surface area (Å²) in [6.07, 6.45) is 9.46. The Balaban J connectivity index is 1.16. The number of aromatic nitrogens is 3. The highest BCUT2D eigenvalue weighted by Gasteiger charge is 2.45. The van der Waals surface area contributed by atoms with Crippen molar-refractivity contribution >= 4 is 46.0 Å². The van der Waals surface area contributed by atoms with Crippen LogP contribution in [0.25, 0.3) is 11.0 Å². The molecule has 0 atom stereocenters. The van der Waals surface area contributed by atoms with Gasteiger partial charge in [0, 0.05) is 34.0 Å². The molecule has 2 saturated carbocycles. The van der Waals surface area contributed by atoms with Gasteiger partial charge in [0.1, 0.15) is 10.7 Å². The second-order valence-electron chi connectivity index (χ2n) is 10.9. The summed E-state index contributed by atoms with van der Waals surface area (Å²) in [6, 6.07) is 8.24. The van der Waals surface area contributed by atoms with Crippen LogP contribution in [0.15, 0.2) is 40.2 Å². The normalized spacial score (nSPS) is 20.3. The molecule has 3 heterocycles. The van der Waals surface area contributed by atoms with Crippen LogP contribution in [0.1, 0.15) is 44.1 Å². The fourth-order valence-corrected chi connectivity index (χ4v) is 7.43. The Morgan fingerprint density at radius 3 is 2.69 bits per heavy atom. The molecule has 0 radical (unpaired) electrons. The number of hydrogen-bond donors (Lipinski definition) is 1. The topological polar surface area (TPSA) is 63.1 Å². The smallest absolute Gasteiger partial charge is 0.270 e. The van der Waals surface area contributed by atoms with Gasteiger partial charge < -0.3 is 10.2 Å². The molecule has 6 nitrogen and oxygen atoms in total. The largest absolute Gasteiger partial charge is 0.324 e. The molecule has 0 bridgehead atoms. The second-order valence-corrected chi connectivity index (χ2v) is 12.7. The minimum absolute atomic E-state index is 0.175. The molecule has 3 fully saturated rings. The summed E-state index contributed by atoms with van der Waals surface area (Å²) >= 11 is 8.22. The van der Waals surface area contributed by atoms with E-state index in [4.69, 9.17) is 16.6 Å². The molecule has 6 rings (SSSR count). The van der Waals surface area contributed by atoms with Gasteiger partial charge in [-0.1, -0.05) is 11.6 Å². The Morgan fingerprint density at radius 2 is 1.97 bits per heavy atom. The van der Waals surface area contributed by atoms with Crippen LogP contribution in [0.5, 0.6) is 0 Å². The molecule has 2 aromatic heterocycles. The lowest BCUT2D eigenvalue weighted by atomic mass is 9.63. The first-order valence-electron chi connectivity index (χ1n) is 12.7. The molecule has 1 N–H and O–H groups in total. The Bertz CT molecular complexity index is 1320. The summed E-state index contributed by atoms with van der Waals surface area (Å²) in [5.41, 5.74) is 3.23. The number of aryl methyl sites for hydroxylation is 1. The van der Waals surface area contributed by atoms with Crippen molar-refractivity contribution in [1.29, 1.82) is 0 Å². The van der Waals surface area contributed by atoms with Gasteiger partial charge in [-0.2, -0.15) is 4.98 Å². The second kappa shape index (κ2) is 9.09. The number of fused-ring (bicyclic) bond motifs is 1. The van der Waals surface area contributed by atoms with Crippen LogP contribution >= 0.6 is 23.4 Å². The number of nitrogens with zero attached hydrogens (tertiary/aromatic N) is 4. The number of thioether (sulfide) groups is 1. The maximum Gasteiger partial charge on any atom is 0.270 e. The molecule has 3 aromatic rings. The molecule has 1 spiro atoms. The summed E-state index contributed by atoms with van der Waals surface area (Å²) in [7, 11) is 2.24. The van der Waals surface area contributed by atoms with Crippen molar-refractivity contribution in [2.24, 2.45) is 11.3 Å². The quantitative estimate of drug-likeness (QED) is 0.448. The van der Waals surface area contributed by atoms with Crippen LogP contribution in [-0.4, -0.2) is 44.8 Å². The van der Waals surface area contributed by atoms with Gasteiger partial charge in [0.05, 0.1) is 0 Å². The number of rotatable bonds is 6. The maximum absolute atomic E-state index is 12.7. The Hall–Kier alpha value is -2.09. The number of pyridine rings is 1. The number of halogens is 1. The zero-order valence-corrected chi connectivity index (χ0v) is 22.0. The molecule has 0 amide bonds. The molecule has 0 unspecified atom stereocenters. The van der Waals surface area contributed by atoms with Gasteiger partial charge in [0.15, 0.2) is 0 Å². The fourth-order valence-electron chi connectivity index (χ4n) is 5.56. The summed E-state index contributed by atoms with van der Waals surface area (Å²) in [5.74, 6) is 1.04. The van der Waals surface area contributed by atoms with Gasteiger partial charge >= 0.3 is 0 Å². The summed E-state index contributed by atoms with van der Waals surface area (Å²) in [4.78, 5) is 25.7. The first-order valence-corrected chi connectivity index (χ1v) is 13.9. The van der Waals surface area contributed by atoms with E-state index in [2.05, 4.69) is 47.4 Å². The molecular formula is C27H32ClN5OS. The molecule has 1 aromatic carbocycles. The first-order chi connectivity index (χ1) is 16.9. The lowest BCUT2D eigenvalue weighted by Crippen LogP contribution is -2.47. The van der Waals surface area contributed by atoms with E-state index in [1.54, 1.807) is 16.8 Å². The molecular weight excluding hydrogens is 478 g/mol. The third-order valence-electron chi connectivity index (χ3n) is 8.04. The van der Waals surface area contributed by atoms with Gasteiger partial charge in [-0.05, 0) is 107 Å². The van der Waals surface area contributed by atoms with Crippen molar-refractivity contribution in [1.82, 2.24) is 19.4 Å². The molecule has 1 aliphatic heterocycles. The van der Waals surface area contributed by atoms with E-state index < -0.39 is 0 Å². The number of likely N-dealkylation sites (tertiary alicyclic amines) is 1. The summed E-state index contributed by atoms with van der Waals surface area (Å²) in [5, 5.41) is 5.11. The fraction of sp³-hybridized carbons (Fsp3) is 0.519. The Labute approximate surface area is 215 Å². The Morgan fingerprint density at radius 1 is 1.20 bits per heavy atom. The molecule has 184 valence electrons. The van der Waals surface area contributed by atoms with Crippen LogP contribution in [0.2, 0.25) is 5.02 Å². The van der Waals surface area contributed by atoms with Crippen LogP contribution in [-0.2, 0) is 6.54 Å². The van der Waals surface area contributed by atoms with Crippen molar-refractivity contribution in [3.63, 3.8) is 0 Å². The molecule has 35 heavy (non-hydrogen) atoms. The van der Waals surface area contributed by atoms with Gasteiger partial charge in [-0.25, -0.2) is 4.98 Å². The van der Waals surface area contributed by atoms with Gasteiger partial charge in [-0.3, -0.25) is 9.36 Å². The monoisotopic (exact) mass is 509 g/mol. The molecule has 1 saturated heterocycles. The van der Waals surface area contributed by atoms with E-state index in [1.165, 1.54) is 49.2 Å². The van der Waals surface area contributed by atoms with E-state index in [9.17, 15) is 4.79 Å². The number of anilines is 2. The zero-order chi connectivity index (χ0) is 24.2. The summed E-state index contributed by atoms with van der Waals surface area (Å²) < 4.78 is 1.71. The lowest BCUT2D eigenvalue weighted by molar-refractivity contribution is 0.0491. The minimum atomic E-state index is -0.175. The number of nitrogens with one attached hydrogen (secondary N) is 1. The van der Waals surface area contributed by atoms with Crippen LogP contribution in [0, 0.1) is 18.3 Å². The zero-order valence-electron chi connectivity index (χ0n) is 20.4. The predicted octanol–water partition coefficient (Wildman–Crippen LogP) is 5.87.